The average molecular weight is 281 g/mol. The molecule has 1 aromatic rings. The molecule has 5 nitrogen and oxygen atoms in total. The van der Waals surface area contributed by atoms with Crippen molar-refractivity contribution in [2.75, 3.05) is 33.5 Å². The second-order valence-corrected chi connectivity index (χ2v) is 3.84. The molecule has 0 radical (unpaired) electrons. The molecule has 7 heteroatoms. The standard InChI is InChI=1S/C10H14Cl2N2O3/c1-15-5-6-16-3-2-4-17-9-8(11)7-13-10(12)14-9/h7H,2-6H2,1H3. The number of hydrogen-bond acceptors (Lipinski definition) is 5. The smallest absolute Gasteiger partial charge is 0.237 e. The molecule has 0 aliphatic heterocycles. The Morgan fingerprint density at radius 1 is 1.18 bits per heavy atom. The first kappa shape index (κ1) is 14.4. The van der Waals surface area contributed by atoms with Crippen LogP contribution in [0.1, 0.15) is 6.42 Å². The van der Waals surface area contributed by atoms with Crippen LogP contribution in [0.15, 0.2) is 6.20 Å². The monoisotopic (exact) mass is 280 g/mol. The molecule has 0 aliphatic rings. The molecule has 0 N–H and O–H groups in total. The highest BCUT2D eigenvalue weighted by molar-refractivity contribution is 6.32. The second-order valence-electron chi connectivity index (χ2n) is 3.10. The van der Waals surface area contributed by atoms with Crippen LogP contribution < -0.4 is 4.74 Å². The minimum absolute atomic E-state index is 0.112. The lowest BCUT2D eigenvalue weighted by Gasteiger charge is -2.07. The van der Waals surface area contributed by atoms with E-state index in [1.54, 1.807) is 7.11 Å². The molecule has 96 valence electrons. The summed E-state index contributed by atoms with van der Waals surface area (Å²) >= 11 is 11.4. The van der Waals surface area contributed by atoms with Gasteiger partial charge in [-0.05, 0) is 11.6 Å². The molecule has 1 rings (SSSR count). The zero-order valence-electron chi connectivity index (χ0n) is 9.49. The summed E-state index contributed by atoms with van der Waals surface area (Å²) in [6.07, 6.45) is 2.14. The van der Waals surface area contributed by atoms with Crippen molar-refractivity contribution in [2.45, 2.75) is 6.42 Å². The van der Waals surface area contributed by atoms with E-state index in [9.17, 15) is 0 Å². The van der Waals surface area contributed by atoms with Crippen LogP contribution >= 0.6 is 23.2 Å². The van der Waals surface area contributed by atoms with Crippen LogP contribution in [0.4, 0.5) is 0 Å². The topological polar surface area (TPSA) is 53.5 Å². The molecule has 1 heterocycles. The molecule has 1 aromatic heterocycles. The molecule has 0 unspecified atom stereocenters. The van der Waals surface area contributed by atoms with E-state index in [2.05, 4.69) is 9.97 Å². The van der Waals surface area contributed by atoms with E-state index < -0.39 is 0 Å². The number of ether oxygens (including phenoxy) is 3. The molecule has 0 amide bonds. The molecular weight excluding hydrogens is 267 g/mol. The Bertz CT molecular complexity index is 339. The number of halogens is 2. The summed E-state index contributed by atoms with van der Waals surface area (Å²) in [6, 6.07) is 0. The van der Waals surface area contributed by atoms with Crippen molar-refractivity contribution in [1.82, 2.24) is 9.97 Å². The largest absolute Gasteiger partial charge is 0.476 e. The van der Waals surface area contributed by atoms with Gasteiger partial charge in [0.1, 0.15) is 5.02 Å². The number of aromatic nitrogens is 2. The fourth-order valence-corrected chi connectivity index (χ4v) is 1.28. The van der Waals surface area contributed by atoms with Crippen LogP contribution in [-0.4, -0.2) is 43.5 Å². The lowest BCUT2D eigenvalue weighted by Crippen LogP contribution is -2.07. The fraction of sp³-hybridized carbons (Fsp3) is 0.600. The van der Waals surface area contributed by atoms with Crippen LogP contribution in [0.3, 0.4) is 0 Å². The minimum atomic E-state index is 0.112. The number of methoxy groups -OCH3 is 1. The van der Waals surface area contributed by atoms with Gasteiger partial charge in [0.15, 0.2) is 0 Å². The maximum absolute atomic E-state index is 5.82. The van der Waals surface area contributed by atoms with Gasteiger partial charge in [0, 0.05) is 20.1 Å². The van der Waals surface area contributed by atoms with Gasteiger partial charge < -0.3 is 14.2 Å². The van der Waals surface area contributed by atoms with Gasteiger partial charge in [-0.2, -0.15) is 4.98 Å². The summed E-state index contributed by atoms with van der Waals surface area (Å²) in [5, 5.41) is 0.454. The van der Waals surface area contributed by atoms with E-state index >= 15 is 0 Å². The van der Waals surface area contributed by atoms with E-state index in [1.165, 1.54) is 6.20 Å². The van der Waals surface area contributed by atoms with Gasteiger partial charge in [-0.3, -0.25) is 0 Å². The van der Waals surface area contributed by atoms with Crippen LogP contribution in [0.2, 0.25) is 10.3 Å². The van der Waals surface area contributed by atoms with Crippen LogP contribution in [0.5, 0.6) is 5.88 Å². The van der Waals surface area contributed by atoms with Gasteiger partial charge in [0.25, 0.3) is 0 Å². The first-order valence-electron chi connectivity index (χ1n) is 5.11. The molecule has 17 heavy (non-hydrogen) atoms. The molecule has 0 atom stereocenters. The third-order valence-corrected chi connectivity index (χ3v) is 2.23. The maximum atomic E-state index is 5.82. The van der Waals surface area contributed by atoms with Crippen LogP contribution in [-0.2, 0) is 9.47 Å². The number of nitrogens with zero attached hydrogens (tertiary/aromatic N) is 2. The van der Waals surface area contributed by atoms with Crippen LogP contribution in [0.25, 0.3) is 0 Å². The highest BCUT2D eigenvalue weighted by Crippen LogP contribution is 2.21. The molecule has 0 spiro atoms. The summed E-state index contributed by atoms with van der Waals surface area (Å²) in [4.78, 5) is 7.58. The van der Waals surface area contributed by atoms with Crippen molar-refractivity contribution in [2.24, 2.45) is 0 Å². The molecule has 0 aromatic carbocycles. The Labute approximate surface area is 110 Å². The summed E-state index contributed by atoms with van der Waals surface area (Å²) < 4.78 is 15.5. The SMILES string of the molecule is COCCOCCCOc1nc(Cl)ncc1Cl. The zero-order chi connectivity index (χ0) is 12.5. The van der Waals surface area contributed by atoms with Crippen molar-refractivity contribution in [3.05, 3.63) is 16.5 Å². The quantitative estimate of drug-likeness (QED) is 0.540. The average Bonchev–Trinajstić information content (AvgIpc) is 2.32. The number of rotatable bonds is 8. The Hall–Kier alpha value is -0.620. The van der Waals surface area contributed by atoms with Gasteiger partial charge in [-0.15, -0.1) is 0 Å². The summed E-state index contributed by atoms with van der Waals surface area (Å²) in [7, 11) is 1.63. The normalized spacial score (nSPS) is 10.5. The lowest BCUT2D eigenvalue weighted by molar-refractivity contribution is 0.0642. The molecule has 0 saturated carbocycles. The maximum Gasteiger partial charge on any atom is 0.237 e. The highest BCUT2D eigenvalue weighted by Gasteiger charge is 2.04. The van der Waals surface area contributed by atoms with Crippen molar-refractivity contribution in [3.8, 4) is 5.88 Å². The molecule has 0 aliphatic carbocycles. The van der Waals surface area contributed by atoms with Crippen molar-refractivity contribution in [1.29, 1.82) is 0 Å². The van der Waals surface area contributed by atoms with E-state index in [4.69, 9.17) is 37.4 Å². The van der Waals surface area contributed by atoms with Crippen molar-refractivity contribution >= 4 is 23.2 Å². The Morgan fingerprint density at radius 3 is 2.76 bits per heavy atom. The molecule has 0 bridgehead atoms. The lowest BCUT2D eigenvalue weighted by atomic mass is 10.5. The molecular formula is C10H14Cl2N2O3. The molecule has 0 fully saturated rings. The van der Waals surface area contributed by atoms with Crippen molar-refractivity contribution in [3.63, 3.8) is 0 Å². The van der Waals surface area contributed by atoms with Gasteiger partial charge in [-0.1, -0.05) is 11.6 Å². The van der Waals surface area contributed by atoms with Crippen LogP contribution in [0, 0.1) is 0 Å². The highest BCUT2D eigenvalue weighted by atomic mass is 35.5. The minimum Gasteiger partial charge on any atom is -0.476 e. The van der Waals surface area contributed by atoms with E-state index in [1.807, 2.05) is 0 Å². The first-order chi connectivity index (χ1) is 8.24. The Kier molecular flexibility index (Phi) is 7.19. The van der Waals surface area contributed by atoms with E-state index in [0.29, 0.717) is 37.3 Å². The fourth-order valence-electron chi connectivity index (χ4n) is 1.01. The van der Waals surface area contributed by atoms with Gasteiger partial charge in [0.05, 0.1) is 26.0 Å². The first-order valence-corrected chi connectivity index (χ1v) is 5.87. The van der Waals surface area contributed by atoms with Gasteiger partial charge >= 0.3 is 0 Å². The van der Waals surface area contributed by atoms with Crippen molar-refractivity contribution < 1.29 is 14.2 Å². The third-order valence-electron chi connectivity index (χ3n) is 1.79. The summed E-state index contributed by atoms with van der Waals surface area (Å²) in [5.41, 5.74) is 0. The van der Waals surface area contributed by atoms with Gasteiger partial charge in [0.2, 0.25) is 11.2 Å². The summed E-state index contributed by atoms with van der Waals surface area (Å²) in [5.74, 6) is 0.295. The molecule has 0 saturated heterocycles. The Morgan fingerprint density at radius 2 is 2.00 bits per heavy atom. The van der Waals surface area contributed by atoms with E-state index in [0.717, 1.165) is 6.42 Å². The number of hydrogen-bond donors (Lipinski definition) is 0. The predicted octanol–water partition coefficient (Wildman–Crippen LogP) is 2.22. The second kappa shape index (κ2) is 8.47. The third kappa shape index (κ3) is 6.02. The van der Waals surface area contributed by atoms with E-state index in [-0.39, 0.29) is 5.28 Å². The summed E-state index contributed by atoms with van der Waals surface area (Å²) in [6.45, 7) is 2.23. The zero-order valence-corrected chi connectivity index (χ0v) is 11.0. The van der Waals surface area contributed by atoms with Gasteiger partial charge in [-0.25, -0.2) is 4.98 Å². The predicted molar refractivity (Wildman–Crippen MR) is 64.9 cm³/mol. The Balaban J connectivity index is 2.15.